The Labute approximate surface area is 198 Å². The molecule has 1 heterocycles. The lowest BCUT2D eigenvalue weighted by molar-refractivity contribution is -0.114. The van der Waals surface area contributed by atoms with Crippen molar-refractivity contribution in [3.63, 3.8) is 0 Å². The van der Waals surface area contributed by atoms with E-state index in [1.54, 1.807) is 4.90 Å². The van der Waals surface area contributed by atoms with Crippen LogP contribution in [0, 0.1) is 5.89 Å². The molecule has 1 aliphatic heterocycles. The van der Waals surface area contributed by atoms with Gasteiger partial charge in [-0.25, -0.2) is 12.7 Å². The van der Waals surface area contributed by atoms with E-state index in [2.05, 4.69) is 0 Å². The van der Waals surface area contributed by atoms with Crippen LogP contribution in [0.15, 0.2) is 24.2 Å². The van der Waals surface area contributed by atoms with E-state index in [9.17, 15) is 13.2 Å². The number of unbranched alkanes of at least 4 members (excludes halogenated alkanes) is 1. The second-order valence-electron chi connectivity index (χ2n) is 6.48. The molecule has 0 bridgehead atoms. The van der Waals surface area contributed by atoms with E-state index in [0.717, 1.165) is 13.0 Å². The van der Waals surface area contributed by atoms with Crippen molar-refractivity contribution in [2.24, 2.45) is 5.89 Å². The van der Waals surface area contributed by atoms with Crippen molar-refractivity contribution in [2.45, 2.75) is 33.5 Å². The molecule has 1 amide bonds. The number of rotatable bonds is 10. The lowest BCUT2D eigenvalue weighted by Crippen LogP contribution is -2.46. The zero-order valence-electron chi connectivity index (χ0n) is 32.2. The first kappa shape index (κ1) is 9.66. The number of carbonyl (C=O) groups is 1. The smallest absolute Gasteiger partial charge is 0.221 e. The molecule has 1 aliphatic rings. The number of anilines is 2. The van der Waals surface area contributed by atoms with Crippen molar-refractivity contribution in [2.75, 3.05) is 62.2 Å². The van der Waals surface area contributed by atoms with Crippen LogP contribution in [0.3, 0.4) is 0 Å². The van der Waals surface area contributed by atoms with Gasteiger partial charge in [0.15, 0.2) is 1.41 Å². The number of hydrogen-bond acceptors (Lipinski definition) is 5. The van der Waals surface area contributed by atoms with Crippen molar-refractivity contribution in [1.82, 2.24) is 9.21 Å². The SMILES string of the molecule is [2H]c1cc([2H])c(N([2H])C(C)=O)c([2H])c1N1CCN(CCCCN(C([2H])([2H])[2H])S(=O)(=O)C([2H])([2H])C([2H])(C([2H])([2H])[2H])C([2H])([2H])[2H])CC1. The van der Waals surface area contributed by atoms with Crippen LogP contribution in [0.25, 0.3) is 0 Å². The molecule has 1 fully saturated rings. The Morgan fingerprint density at radius 3 is 2.79 bits per heavy atom. The molecule has 1 saturated heterocycles. The number of nitrogens with zero attached hydrogens (tertiary/aromatic N) is 3. The molecule has 1 aromatic rings. The molecule has 0 atom stereocenters. The molecule has 7 nitrogen and oxygen atoms in total. The van der Waals surface area contributed by atoms with E-state index in [1.807, 2.05) is 4.90 Å². The molecule has 29 heavy (non-hydrogen) atoms. The average molecular weight is 441 g/mol. The molecule has 0 saturated carbocycles. The van der Waals surface area contributed by atoms with E-state index >= 15 is 0 Å². The number of nitrogens with one attached hydrogen (secondary N) is 1. The van der Waals surface area contributed by atoms with Gasteiger partial charge in [-0.1, -0.05) is 19.8 Å². The van der Waals surface area contributed by atoms with Gasteiger partial charge >= 0.3 is 0 Å². The summed E-state index contributed by atoms with van der Waals surface area (Å²) in [4.78, 5) is 15.3. The Balaban J connectivity index is 2.15. The second-order valence-corrected chi connectivity index (χ2v) is 8.07. The normalized spacial score (nSPS) is 26.1. The van der Waals surface area contributed by atoms with Crippen LogP contribution in [0.4, 0.5) is 11.4 Å². The summed E-state index contributed by atoms with van der Waals surface area (Å²) in [7, 11) is -5.86. The molecule has 0 unspecified atom stereocenters. The minimum atomic E-state index is -5.86. The van der Waals surface area contributed by atoms with Gasteiger partial charge in [-0.3, -0.25) is 9.69 Å². The zero-order chi connectivity index (χ0) is 35.1. The number of piperazine rings is 1. The maximum atomic E-state index is 13.3. The highest BCUT2D eigenvalue weighted by molar-refractivity contribution is 7.89. The quantitative estimate of drug-likeness (QED) is 0.566. The molecule has 0 aliphatic carbocycles. The van der Waals surface area contributed by atoms with Crippen LogP contribution in [-0.2, 0) is 14.8 Å². The first-order valence-corrected chi connectivity index (χ1v) is 10.5. The molecule has 8 heteroatoms. The lowest BCUT2D eigenvalue weighted by Gasteiger charge is -2.36. The predicted molar refractivity (Wildman–Crippen MR) is 120 cm³/mol. The Bertz CT molecular complexity index is 1330. The number of sulfonamides is 1. The monoisotopic (exact) mass is 440 g/mol. The van der Waals surface area contributed by atoms with Gasteiger partial charge in [0.2, 0.25) is 15.9 Å². The number of amides is 1. The highest BCUT2D eigenvalue weighted by Crippen LogP contribution is 2.21. The van der Waals surface area contributed by atoms with Crippen molar-refractivity contribution in [3.8, 4) is 0 Å². The Morgan fingerprint density at radius 2 is 2.14 bits per heavy atom. The molecule has 0 radical (unpaired) electrons. The molecule has 1 aromatic carbocycles. The summed E-state index contributed by atoms with van der Waals surface area (Å²) in [6, 6.07) is 0.390. The summed E-state index contributed by atoms with van der Waals surface area (Å²) >= 11 is 0. The zero-order valence-corrected chi connectivity index (χ0v) is 17.0. The highest BCUT2D eigenvalue weighted by Gasteiger charge is 2.20. The van der Waals surface area contributed by atoms with Crippen LogP contribution < -0.4 is 10.2 Å². The van der Waals surface area contributed by atoms with E-state index in [0.29, 0.717) is 38.0 Å². The number of hydrogen-bond donors (Lipinski definition) is 1. The van der Waals surface area contributed by atoms with Crippen molar-refractivity contribution in [1.29, 1.82) is 0 Å². The summed E-state index contributed by atoms with van der Waals surface area (Å²) in [6.07, 6.45) is 0.0417. The van der Waals surface area contributed by atoms with E-state index in [4.69, 9.17) is 22.0 Å². The van der Waals surface area contributed by atoms with Crippen molar-refractivity contribution >= 4 is 27.3 Å². The van der Waals surface area contributed by atoms with Crippen LogP contribution in [0.5, 0.6) is 0 Å². The molecule has 1 N–H and O–H groups in total. The first-order chi connectivity index (χ1) is 20.1. The van der Waals surface area contributed by atoms with E-state index < -0.39 is 54.8 Å². The summed E-state index contributed by atoms with van der Waals surface area (Å²) in [5.74, 6) is -4.92. The number of benzene rings is 1. The second kappa shape index (κ2) is 10.9. The van der Waals surface area contributed by atoms with E-state index in [1.165, 1.54) is 0 Å². The summed E-state index contributed by atoms with van der Waals surface area (Å²) < 4.78 is 151. The highest BCUT2D eigenvalue weighted by atomic mass is 32.2. The van der Waals surface area contributed by atoms with Crippen LogP contribution in [0.1, 0.15) is 54.0 Å². The average Bonchev–Trinajstić information content (AvgIpc) is 2.85. The maximum absolute atomic E-state index is 13.3. The molecular weight excluding hydrogens is 388 g/mol. The Morgan fingerprint density at radius 1 is 1.38 bits per heavy atom. The fourth-order valence-electron chi connectivity index (χ4n) is 2.84. The maximum Gasteiger partial charge on any atom is 0.221 e. The van der Waals surface area contributed by atoms with Crippen molar-refractivity contribution in [3.05, 3.63) is 24.2 Å². The third-order valence-corrected chi connectivity index (χ3v) is 5.44. The van der Waals surface area contributed by atoms with Gasteiger partial charge in [0, 0.05) is 74.4 Å². The van der Waals surface area contributed by atoms with Gasteiger partial charge in [0.05, 0.1) is 9.82 Å². The molecular formula is C21H36N4O3S. The van der Waals surface area contributed by atoms with Gasteiger partial charge in [-0.15, -0.1) is 0 Å². The van der Waals surface area contributed by atoms with Gasteiger partial charge < -0.3 is 10.2 Å². The minimum absolute atomic E-state index is 0.126. The summed E-state index contributed by atoms with van der Waals surface area (Å²) in [5, 5.41) is 0.425. The molecule has 0 aromatic heterocycles. The largest absolute Gasteiger partial charge is 0.369 e. The molecule has 2 rings (SSSR count). The first-order valence-electron chi connectivity index (χ1n) is 17.0. The van der Waals surface area contributed by atoms with Gasteiger partial charge in [0.25, 0.3) is 0 Å². The van der Waals surface area contributed by atoms with Gasteiger partial charge in [0.1, 0.15) is 0 Å². The predicted octanol–water partition coefficient (Wildman–Crippen LogP) is 2.46. The van der Waals surface area contributed by atoms with Crippen LogP contribution >= 0.6 is 0 Å². The fraction of sp³-hybridized carbons (Fsp3) is 0.667. The van der Waals surface area contributed by atoms with Crippen molar-refractivity contribution < 1.29 is 35.2 Å². The summed E-state index contributed by atoms with van der Waals surface area (Å²) in [5.41, 5.74) is -4.46. The summed E-state index contributed by atoms with van der Waals surface area (Å²) in [6.45, 7) is -9.48. The molecule has 0 spiro atoms. The Kier molecular flexibility index (Phi) is 3.65. The van der Waals surface area contributed by atoms with Crippen LogP contribution in [0.2, 0.25) is 1.41 Å². The standard InChI is InChI=1S/C21H36N4O3S/c1-18(2)17-29(27,28)23(4)10-5-6-11-24-12-14-25(15-13-24)21-9-7-8-20(16-21)22-19(3)26/h7-9,16,18H,5-6,10-15,17H2,1-4H3,(H,22,26)/i1D3,2D3,4D3,8D,9D,16D,17D2,18D/hD. The van der Waals surface area contributed by atoms with Gasteiger partial charge in [-0.2, -0.15) is 0 Å². The number of carbonyl (C=O) groups excluding carboxylic acids is 1. The van der Waals surface area contributed by atoms with E-state index in [-0.39, 0.29) is 46.6 Å². The molecule has 164 valence electrons. The van der Waals surface area contributed by atoms with Gasteiger partial charge in [-0.05, 0) is 43.4 Å². The van der Waals surface area contributed by atoms with Crippen LogP contribution in [-0.4, -0.2) is 75.5 Å². The Hall–Kier alpha value is -1.64. The third kappa shape index (κ3) is 7.95. The minimum Gasteiger partial charge on any atom is -0.369 e. The fourth-order valence-corrected chi connectivity index (χ4v) is 3.57. The third-order valence-electron chi connectivity index (χ3n) is 4.22. The lowest BCUT2D eigenvalue weighted by atomic mass is 10.2. The topological polar surface area (TPSA) is 73.0 Å².